The highest BCUT2D eigenvalue weighted by atomic mass is 35.5. The Kier molecular flexibility index (Phi) is 5.63. The van der Waals surface area contributed by atoms with Crippen molar-refractivity contribution < 1.29 is 9.90 Å². The summed E-state index contributed by atoms with van der Waals surface area (Å²) in [6.45, 7) is 4.86. The number of aliphatic carboxylic acids is 1. The number of benzene rings is 1. The topological polar surface area (TPSA) is 52.6 Å². The molecule has 1 atom stereocenters. The zero-order valence-corrected chi connectivity index (χ0v) is 12.2. The van der Waals surface area contributed by atoms with E-state index in [1.165, 1.54) is 0 Å². The van der Waals surface area contributed by atoms with Gasteiger partial charge in [-0.3, -0.25) is 4.79 Å². The van der Waals surface area contributed by atoms with Crippen LogP contribution in [0.15, 0.2) is 18.2 Å². The second kappa shape index (κ2) is 6.78. The Morgan fingerprint density at radius 2 is 1.95 bits per heavy atom. The van der Waals surface area contributed by atoms with Crippen LogP contribution in [0.2, 0.25) is 0 Å². The number of carboxylic acid groups (broad SMARTS) is 1. The Labute approximate surface area is 120 Å². The summed E-state index contributed by atoms with van der Waals surface area (Å²) in [5.74, 6) is -0.742. The van der Waals surface area contributed by atoms with Crippen LogP contribution >= 0.6 is 12.4 Å². The molecule has 106 valence electrons. The molecule has 1 saturated heterocycles. The van der Waals surface area contributed by atoms with Gasteiger partial charge in [-0.25, -0.2) is 5.01 Å². The van der Waals surface area contributed by atoms with E-state index in [9.17, 15) is 9.90 Å². The first kappa shape index (κ1) is 15.8. The zero-order valence-electron chi connectivity index (χ0n) is 11.3. The van der Waals surface area contributed by atoms with Crippen molar-refractivity contribution in [1.82, 2.24) is 5.01 Å². The molecule has 19 heavy (non-hydrogen) atoms. The van der Waals surface area contributed by atoms with Gasteiger partial charge in [0.25, 0.3) is 0 Å². The summed E-state index contributed by atoms with van der Waals surface area (Å²) in [6.07, 6.45) is 2.75. The summed E-state index contributed by atoms with van der Waals surface area (Å²) in [5.41, 5.74) is 6.62. The van der Waals surface area contributed by atoms with Gasteiger partial charge in [-0.1, -0.05) is 18.2 Å². The summed E-state index contributed by atoms with van der Waals surface area (Å²) in [4.78, 5) is 11.2. The summed E-state index contributed by atoms with van der Waals surface area (Å²) in [6, 6.07) is 5.67. The van der Waals surface area contributed by atoms with E-state index in [0.717, 1.165) is 36.2 Å². The third kappa shape index (κ3) is 3.61. The van der Waals surface area contributed by atoms with E-state index in [2.05, 4.69) is 5.43 Å². The Balaban J connectivity index is 0.00000180. The molecule has 0 spiro atoms. The number of halogens is 1. The van der Waals surface area contributed by atoms with Gasteiger partial charge in [0.1, 0.15) is 6.04 Å². The van der Waals surface area contributed by atoms with E-state index in [4.69, 9.17) is 0 Å². The average Bonchev–Trinajstić information content (AvgIpc) is 2.34. The van der Waals surface area contributed by atoms with Crippen molar-refractivity contribution in [3.05, 3.63) is 29.3 Å². The van der Waals surface area contributed by atoms with Gasteiger partial charge in [-0.15, -0.1) is 12.4 Å². The quantitative estimate of drug-likeness (QED) is 0.896. The van der Waals surface area contributed by atoms with Crippen molar-refractivity contribution in [3.8, 4) is 0 Å². The average molecular weight is 285 g/mol. The van der Waals surface area contributed by atoms with Crippen LogP contribution in [0.4, 0.5) is 5.69 Å². The Morgan fingerprint density at radius 3 is 2.53 bits per heavy atom. The van der Waals surface area contributed by atoms with Crippen molar-refractivity contribution in [2.45, 2.75) is 39.2 Å². The lowest BCUT2D eigenvalue weighted by molar-refractivity contribution is -0.143. The molecule has 1 unspecified atom stereocenters. The number of hydrogen-bond acceptors (Lipinski definition) is 3. The van der Waals surface area contributed by atoms with Crippen LogP contribution in [0.1, 0.15) is 30.4 Å². The normalized spacial score (nSPS) is 19.6. The van der Waals surface area contributed by atoms with Crippen molar-refractivity contribution in [1.29, 1.82) is 0 Å². The molecule has 1 heterocycles. The molecular formula is C14H21ClN2O2. The maximum absolute atomic E-state index is 11.2. The molecule has 4 nitrogen and oxygen atoms in total. The fraction of sp³-hybridized carbons (Fsp3) is 0.500. The van der Waals surface area contributed by atoms with Crippen LogP contribution in [-0.2, 0) is 4.79 Å². The van der Waals surface area contributed by atoms with Crippen molar-refractivity contribution in [3.63, 3.8) is 0 Å². The standard InChI is InChI=1S/C14H20N2O2.ClH/c1-10-6-5-7-11(2)13(10)15-16-9-4-3-8-12(16)14(17)18;/h5-7,12,15H,3-4,8-9H2,1-2H3,(H,17,18);1H. The van der Waals surface area contributed by atoms with Crippen LogP contribution in [0.25, 0.3) is 0 Å². The molecule has 1 fully saturated rings. The predicted molar refractivity (Wildman–Crippen MR) is 78.8 cm³/mol. The van der Waals surface area contributed by atoms with E-state index >= 15 is 0 Å². The second-order valence-corrected chi connectivity index (χ2v) is 4.92. The number of anilines is 1. The van der Waals surface area contributed by atoms with E-state index in [-0.39, 0.29) is 12.4 Å². The number of nitrogens with one attached hydrogen (secondary N) is 1. The van der Waals surface area contributed by atoms with Crippen LogP contribution in [0.5, 0.6) is 0 Å². The molecular weight excluding hydrogens is 264 g/mol. The summed E-state index contributed by atoms with van der Waals surface area (Å²) in [7, 11) is 0. The minimum Gasteiger partial charge on any atom is -0.480 e. The highest BCUT2D eigenvalue weighted by molar-refractivity contribution is 5.85. The van der Waals surface area contributed by atoms with Crippen molar-refractivity contribution in [2.75, 3.05) is 12.0 Å². The van der Waals surface area contributed by atoms with E-state index in [1.54, 1.807) is 0 Å². The van der Waals surface area contributed by atoms with Gasteiger partial charge >= 0.3 is 5.97 Å². The highest BCUT2D eigenvalue weighted by Crippen LogP contribution is 2.24. The monoisotopic (exact) mass is 284 g/mol. The molecule has 0 aromatic heterocycles. The van der Waals surface area contributed by atoms with E-state index in [0.29, 0.717) is 6.42 Å². The molecule has 0 bridgehead atoms. The van der Waals surface area contributed by atoms with Crippen molar-refractivity contribution in [2.24, 2.45) is 0 Å². The summed E-state index contributed by atoms with van der Waals surface area (Å²) in [5, 5.41) is 11.1. The maximum Gasteiger partial charge on any atom is 0.322 e. The van der Waals surface area contributed by atoms with Gasteiger partial charge < -0.3 is 10.5 Å². The first-order valence-electron chi connectivity index (χ1n) is 6.42. The number of aryl methyl sites for hydroxylation is 2. The van der Waals surface area contributed by atoms with E-state index in [1.807, 2.05) is 37.1 Å². The molecule has 0 aliphatic carbocycles. The predicted octanol–water partition coefficient (Wildman–Crippen LogP) is 2.99. The molecule has 0 radical (unpaired) electrons. The Morgan fingerprint density at radius 1 is 1.32 bits per heavy atom. The molecule has 2 N–H and O–H groups in total. The molecule has 0 amide bonds. The second-order valence-electron chi connectivity index (χ2n) is 4.92. The molecule has 0 saturated carbocycles. The van der Waals surface area contributed by atoms with Gasteiger partial charge in [-0.2, -0.15) is 0 Å². The summed E-state index contributed by atoms with van der Waals surface area (Å²) < 4.78 is 0. The smallest absolute Gasteiger partial charge is 0.322 e. The highest BCUT2D eigenvalue weighted by Gasteiger charge is 2.28. The lowest BCUT2D eigenvalue weighted by Crippen LogP contribution is -2.48. The van der Waals surface area contributed by atoms with Crippen LogP contribution in [-0.4, -0.2) is 28.7 Å². The summed E-state index contributed by atoms with van der Waals surface area (Å²) >= 11 is 0. The number of carboxylic acids is 1. The molecule has 5 heteroatoms. The zero-order chi connectivity index (χ0) is 13.1. The van der Waals surface area contributed by atoms with Gasteiger partial charge in [0, 0.05) is 6.54 Å². The number of para-hydroxylation sites is 1. The number of carbonyl (C=O) groups is 1. The van der Waals surface area contributed by atoms with Gasteiger partial charge in [0.15, 0.2) is 0 Å². The molecule has 1 aromatic rings. The maximum atomic E-state index is 11.2. The Hall–Kier alpha value is -1.26. The van der Waals surface area contributed by atoms with Crippen molar-refractivity contribution >= 4 is 24.1 Å². The Bertz CT molecular complexity index is 431. The SMILES string of the molecule is Cc1cccc(C)c1NN1CCCCC1C(=O)O.Cl. The number of hydrogen-bond donors (Lipinski definition) is 2. The molecule has 2 rings (SSSR count). The van der Waals surface area contributed by atoms with Crippen LogP contribution < -0.4 is 5.43 Å². The van der Waals surface area contributed by atoms with Crippen LogP contribution in [0.3, 0.4) is 0 Å². The lowest BCUT2D eigenvalue weighted by Gasteiger charge is -2.34. The largest absolute Gasteiger partial charge is 0.480 e. The number of rotatable bonds is 3. The molecule has 1 aliphatic heterocycles. The fourth-order valence-electron chi connectivity index (χ4n) is 2.46. The third-order valence-electron chi connectivity index (χ3n) is 3.52. The van der Waals surface area contributed by atoms with Gasteiger partial charge in [0.2, 0.25) is 0 Å². The fourth-order valence-corrected chi connectivity index (χ4v) is 2.46. The minimum atomic E-state index is -0.742. The van der Waals surface area contributed by atoms with Crippen LogP contribution in [0, 0.1) is 13.8 Å². The third-order valence-corrected chi connectivity index (χ3v) is 3.52. The van der Waals surface area contributed by atoms with Gasteiger partial charge in [-0.05, 0) is 44.2 Å². The minimum absolute atomic E-state index is 0. The van der Waals surface area contributed by atoms with Gasteiger partial charge in [0.05, 0.1) is 5.69 Å². The molecule has 1 aliphatic rings. The van der Waals surface area contributed by atoms with E-state index < -0.39 is 12.0 Å². The number of piperidine rings is 1. The number of nitrogens with zero attached hydrogens (tertiary/aromatic N) is 1. The first-order valence-corrected chi connectivity index (χ1v) is 6.42. The number of hydrazine groups is 1. The lowest BCUT2D eigenvalue weighted by atomic mass is 10.0. The first-order chi connectivity index (χ1) is 8.59. The molecule has 1 aromatic carbocycles.